The predicted octanol–water partition coefficient (Wildman–Crippen LogP) is 8.99. The van der Waals surface area contributed by atoms with E-state index in [0.29, 0.717) is 17.9 Å². The third-order valence-electron chi connectivity index (χ3n) is 7.74. The molecule has 0 aliphatic heterocycles. The molecular formula is C38H39FO5. The molecule has 0 fully saturated rings. The van der Waals surface area contributed by atoms with E-state index in [1.54, 1.807) is 30.3 Å². The molecule has 0 saturated carbocycles. The molecule has 0 amide bonds. The molecule has 4 aromatic carbocycles. The number of aromatic carboxylic acids is 2. The van der Waals surface area contributed by atoms with E-state index in [9.17, 15) is 24.2 Å². The molecule has 5 nitrogen and oxygen atoms in total. The minimum absolute atomic E-state index is 0.0642. The number of carboxylic acid groups (broad SMARTS) is 2. The highest BCUT2D eigenvalue weighted by atomic mass is 19.1. The third-order valence-corrected chi connectivity index (χ3v) is 7.74. The molecular weight excluding hydrogens is 555 g/mol. The van der Waals surface area contributed by atoms with Crippen molar-refractivity contribution in [1.29, 1.82) is 0 Å². The van der Waals surface area contributed by atoms with E-state index < -0.39 is 11.9 Å². The van der Waals surface area contributed by atoms with Crippen molar-refractivity contribution in [2.45, 2.75) is 58.5 Å². The van der Waals surface area contributed by atoms with Crippen LogP contribution < -0.4 is 4.74 Å². The Bertz CT molecular complexity index is 1520. The van der Waals surface area contributed by atoms with Gasteiger partial charge in [0.15, 0.2) is 0 Å². The number of hydrogen-bond acceptors (Lipinski definition) is 3. The van der Waals surface area contributed by atoms with Crippen LogP contribution in [0.2, 0.25) is 0 Å². The van der Waals surface area contributed by atoms with Crippen LogP contribution >= 0.6 is 0 Å². The molecule has 0 aromatic heterocycles. The number of carboxylic acids is 2. The molecule has 0 heterocycles. The second kappa shape index (κ2) is 14.6. The van der Waals surface area contributed by atoms with Crippen molar-refractivity contribution in [3.63, 3.8) is 0 Å². The standard InChI is InChI=1S/C38H39FO5/c1-38(2,3)33-20-13-29(14-21-33)25-44-35-23-22-34(39)24-32(35)19-12-26(4-6-27-8-15-30(16-9-27)36(40)41)5-7-28-10-17-31(18-11-28)37(42)43/h8-24,26H,4-7,25H2,1-3H3,(H,40,41)(H,42,43). The maximum atomic E-state index is 14.3. The maximum Gasteiger partial charge on any atom is 0.335 e. The van der Waals surface area contributed by atoms with Gasteiger partial charge in [-0.05, 0) is 102 Å². The lowest BCUT2D eigenvalue weighted by molar-refractivity contribution is 0.0686. The molecule has 0 atom stereocenters. The van der Waals surface area contributed by atoms with Crippen LogP contribution in [-0.2, 0) is 24.9 Å². The van der Waals surface area contributed by atoms with Gasteiger partial charge in [-0.2, -0.15) is 0 Å². The monoisotopic (exact) mass is 594 g/mol. The Balaban J connectivity index is 1.49. The summed E-state index contributed by atoms with van der Waals surface area (Å²) < 4.78 is 20.5. The van der Waals surface area contributed by atoms with Crippen molar-refractivity contribution in [3.8, 4) is 5.75 Å². The Morgan fingerprint density at radius 2 is 1.25 bits per heavy atom. The van der Waals surface area contributed by atoms with Crippen LogP contribution in [0, 0.1) is 11.7 Å². The van der Waals surface area contributed by atoms with Crippen LogP contribution in [0.15, 0.2) is 97.1 Å². The molecule has 0 radical (unpaired) electrons. The normalized spacial score (nSPS) is 11.7. The Labute approximate surface area is 258 Å². The van der Waals surface area contributed by atoms with Crippen LogP contribution in [-0.4, -0.2) is 22.2 Å². The first-order chi connectivity index (χ1) is 21.0. The van der Waals surface area contributed by atoms with E-state index >= 15 is 0 Å². The topological polar surface area (TPSA) is 83.8 Å². The third kappa shape index (κ3) is 9.40. The van der Waals surface area contributed by atoms with Crippen LogP contribution in [0.3, 0.4) is 0 Å². The summed E-state index contributed by atoms with van der Waals surface area (Å²) in [7, 11) is 0. The predicted molar refractivity (Wildman–Crippen MR) is 172 cm³/mol. The van der Waals surface area contributed by atoms with Gasteiger partial charge in [0.25, 0.3) is 0 Å². The Morgan fingerprint density at radius 3 is 1.73 bits per heavy atom. The maximum absolute atomic E-state index is 14.3. The fraction of sp³-hybridized carbons (Fsp3) is 0.263. The van der Waals surface area contributed by atoms with Crippen molar-refractivity contribution in [3.05, 3.63) is 142 Å². The summed E-state index contributed by atoms with van der Waals surface area (Å²) in [5.41, 5.74) is 5.55. The van der Waals surface area contributed by atoms with Gasteiger partial charge in [0.05, 0.1) is 11.1 Å². The van der Waals surface area contributed by atoms with Gasteiger partial charge in [-0.3, -0.25) is 0 Å². The van der Waals surface area contributed by atoms with Crippen molar-refractivity contribution in [2.24, 2.45) is 5.92 Å². The number of hydrogen-bond donors (Lipinski definition) is 2. The fourth-order valence-electron chi connectivity index (χ4n) is 4.95. The van der Waals surface area contributed by atoms with Gasteiger partial charge in [0, 0.05) is 5.56 Å². The van der Waals surface area contributed by atoms with E-state index in [1.165, 1.54) is 17.7 Å². The van der Waals surface area contributed by atoms with Crippen molar-refractivity contribution >= 4 is 18.0 Å². The molecule has 0 bridgehead atoms. The molecule has 44 heavy (non-hydrogen) atoms. The fourth-order valence-corrected chi connectivity index (χ4v) is 4.95. The Hall–Kier alpha value is -4.71. The van der Waals surface area contributed by atoms with Crippen LogP contribution in [0.5, 0.6) is 5.75 Å². The molecule has 0 aliphatic rings. The van der Waals surface area contributed by atoms with Gasteiger partial charge in [0.1, 0.15) is 18.2 Å². The SMILES string of the molecule is CC(C)(C)c1ccc(COc2ccc(F)cc2C=CC(CCc2ccc(C(=O)O)cc2)CCc2ccc(C(=O)O)cc2)cc1. The van der Waals surface area contributed by atoms with Crippen molar-refractivity contribution in [2.75, 3.05) is 0 Å². The molecule has 228 valence electrons. The Kier molecular flexibility index (Phi) is 10.7. The summed E-state index contributed by atoms with van der Waals surface area (Å²) >= 11 is 0. The van der Waals surface area contributed by atoms with Crippen LogP contribution in [0.1, 0.15) is 82.1 Å². The summed E-state index contributed by atoms with van der Waals surface area (Å²) in [6.45, 7) is 6.88. The van der Waals surface area contributed by atoms with Gasteiger partial charge < -0.3 is 14.9 Å². The lowest BCUT2D eigenvalue weighted by Crippen LogP contribution is -2.10. The lowest BCUT2D eigenvalue weighted by Gasteiger charge is -2.19. The average Bonchev–Trinajstić information content (AvgIpc) is 3.00. The highest BCUT2D eigenvalue weighted by molar-refractivity contribution is 5.88. The minimum atomic E-state index is -0.957. The molecule has 0 unspecified atom stereocenters. The van der Waals surface area contributed by atoms with E-state index in [4.69, 9.17) is 4.74 Å². The van der Waals surface area contributed by atoms with Crippen molar-refractivity contribution < 1.29 is 28.9 Å². The largest absolute Gasteiger partial charge is 0.488 e. The number of rotatable bonds is 13. The molecule has 0 aliphatic carbocycles. The molecule has 0 saturated heterocycles. The highest BCUT2D eigenvalue weighted by Gasteiger charge is 2.14. The number of aryl methyl sites for hydroxylation is 2. The van der Waals surface area contributed by atoms with Gasteiger partial charge in [-0.25, -0.2) is 14.0 Å². The molecule has 2 N–H and O–H groups in total. The first kappa shape index (κ1) is 32.2. The average molecular weight is 595 g/mol. The van der Waals surface area contributed by atoms with Crippen LogP contribution in [0.4, 0.5) is 4.39 Å². The summed E-state index contributed by atoms with van der Waals surface area (Å²) in [6, 6.07) is 26.6. The van der Waals surface area contributed by atoms with Gasteiger partial charge in [0.2, 0.25) is 0 Å². The van der Waals surface area contributed by atoms with Crippen LogP contribution in [0.25, 0.3) is 6.08 Å². The van der Waals surface area contributed by atoms with Crippen molar-refractivity contribution in [1.82, 2.24) is 0 Å². The number of halogens is 1. The van der Waals surface area contributed by atoms with Gasteiger partial charge in [-0.1, -0.05) is 81.5 Å². The molecule has 4 rings (SSSR count). The Morgan fingerprint density at radius 1 is 0.750 bits per heavy atom. The van der Waals surface area contributed by atoms with E-state index in [1.807, 2.05) is 30.3 Å². The number of ether oxygens (including phenoxy) is 1. The second-order valence-electron chi connectivity index (χ2n) is 12.1. The second-order valence-corrected chi connectivity index (χ2v) is 12.1. The quantitative estimate of drug-likeness (QED) is 0.161. The lowest BCUT2D eigenvalue weighted by atomic mass is 9.87. The smallest absolute Gasteiger partial charge is 0.335 e. The highest BCUT2D eigenvalue weighted by Crippen LogP contribution is 2.27. The summed E-state index contributed by atoms with van der Waals surface area (Å²) in [4.78, 5) is 22.5. The minimum Gasteiger partial charge on any atom is -0.488 e. The summed E-state index contributed by atoms with van der Waals surface area (Å²) in [6.07, 6.45) is 7.06. The number of carbonyl (C=O) groups is 2. The first-order valence-corrected chi connectivity index (χ1v) is 14.8. The molecule has 4 aromatic rings. The summed E-state index contributed by atoms with van der Waals surface area (Å²) in [5, 5.41) is 18.4. The van der Waals surface area contributed by atoms with Gasteiger partial charge in [-0.15, -0.1) is 0 Å². The zero-order valence-corrected chi connectivity index (χ0v) is 25.4. The van der Waals surface area contributed by atoms with Gasteiger partial charge >= 0.3 is 11.9 Å². The molecule has 6 heteroatoms. The molecule has 0 spiro atoms. The van der Waals surface area contributed by atoms with E-state index in [0.717, 1.165) is 42.4 Å². The zero-order valence-electron chi connectivity index (χ0n) is 25.4. The number of allylic oxidation sites excluding steroid dienone is 1. The van der Waals surface area contributed by atoms with E-state index in [2.05, 4.69) is 51.1 Å². The van der Waals surface area contributed by atoms with E-state index in [-0.39, 0.29) is 28.3 Å². The summed E-state index contributed by atoms with van der Waals surface area (Å²) in [5.74, 6) is -1.55. The first-order valence-electron chi connectivity index (χ1n) is 14.8. The number of benzene rings is 4. The zero-order chi connectivity index (χ0) is 31.7.